The number of ether oxygens (including phenoxy) is 1. The Labute approximate surface area is 254 Å². The minimum atomic E-state index is -0.694. The molecule has 0 unspecified atom stereocenters. The van der Waals surface area contributed by atoms with Gasteiger partial charge in [-0.15, -0.1) is 0 Å². The number of aromatic amines is 1. The van der Waals surface area contributed by atoms with E-state index in [0.717, 1.165) is 77.7 Å². The van der Waals surface area contributed by atoms with E-state index in [0.29, 0.717) is 18.7 Å². The van der Waals surface area contributed by atoms with E-state index in [9.17, 15) is 14.7 Å². The van der Waals surface area contributed by atoms with Crippen LogP contribution in [0.15, 0.2) is 74.9 Å². The summed E-state index contributed by atoms with van der Waals surface area (Å²) in [5.41, 5.74) is 5.63. The molecule has 2 N–H and O–H groups in total. The van der Waals surface area contributed by atoms with Crippen LogP contribution in [0.4, 0.5) is 0 Å². The van der Waals surface area contributed by atoms with E-state index in [1.165, 1.54) is 0 Å². The second-order valence-electron chi connectivity index (χ2n) is 12.4. The molecule has 3 aromatic heterocycles. The number of benzene rings is 2. The van der Waals surface area contributed by atoms with Crippen molar-refractivity contribution in [1.29, 1.82) is 0 Å². The number of rotatable bonds is 9. The molecule has 2 aliphatic carbocycles. The smallest absolute Gasteiger partial charge is 0.387 e. The van der Waals surface area contributed by atoms with Crippen molar-refractivity contribution in [2.45, 2.75) is 89.1 Å². The van der Waals surface area contributed by atoms with E-state index in [-0.39, 0.29) is 23.8 Å². The lowest BCUT2D eigenvalue weighted by Gasteiger charge is -2.31. The number of H-pyrrole nitrogens is 1. The summed E-state index contributed by atoms with van der Waals surface area (Å²) in [5, 5.41) is 18.7. The van der Waals surface area contributed by atoms with Crippen LogP contribution in [0, 0.1) is 0 Å². The van der Waals surface area contributed by atoms with Gasteiger partial charge in [0.2, 0.25) is 0 Å². The zero-order chi connectivity index (χ0) is 30.4. The summed E-state index contributed by atoms with van der Waals surface area (Å²) in [6.07, 6.45) is 8.10. The van der Waals surface area contributed by atoms with E-state index in [4.69, 9.17) is 9.26 Å². The standard InChI is InChI=1S/C34H37N5O5/c1-3-6-28-27(19-21-9-11-22(12-10-21)25-7-4-5-8-26(25)31-36-33(41)44-37-31)32(40)38(30-17-18-35-39(28)30)23-13-15-24(16-14-23)43-29-20-34(29,2)42/h4-5,7-12,17-18,23-24,29,42H,3,6,13-16,19-20H2,1-2H3,(H,36,37,41)/t23-,24-,29-,34+/m1/s1. The molecule has 228 valence electrons. The zero-order valence-electron chi connectivity index (χ0n) is 25.0. The monoisotopic (exact) mass is 595 g/mol. The Balaban J connectivity index is 1.18. The molecule has 0 amide bonds. The highest BCUT2D eigenvalue weighted by Crippen LogP contribution is 2.41. The van der Waals surface area contributed by atoms with Crippen molar-refractivity contribution in [2.75, 3.05) is 0 Å². The highest BCUT2D eigenvalue weighted by Gasteiger charge is 2.51. The largest absolute Gasteiger partial charge is 0.439 e. The number of fused-ring (bicyclic) bond motifs is 1. The van der Waals surface area contributed by atoms with Crippen molar-refractivity contribution < 1.29 is 14.4 Å². The Kier molecular flexibility index (Phi) is 7.34. The van der Waals surface area contributed by atoms with E-state index >= 15 is 0 Å². The fourth-order valence-electron chi connectivity index (χ4n) is 6.69. The average Bonchev–Trinajstić information content (AvgIpc) is 3.37. The van der Waals surface area contributed by atoms with Gasteiger partial charge in [0.15, 0.2) is 5.82 Å². The third-order valence-corrected chi connectivity index (χ3v) is 9.20. The first kappa shape index (κ1) is 28.5. The predicted molar refractivity (Wildman–Crippen MR) is 166 cm³/mol. The maximum atomic E-state index is 14.3. The fraction of sp³-hybridized carbons (Fsp3) is 0.412. The van der Waals surface area contributed by atoms with Gasteiger partial charge in [-0.05, 0) is 55.7 Å². The van der Waals surface area contributed by atoms with Crippen LogP contribution < -0.4 is 11.3 Å². The maximum Gasteiger partial charge on any atom is 0.439 e. The van der Waals surface area contributed by atoms with E-state index < -0.39 is 11.4 Å². The third-order valence-electron chi connectivity index (χ3n) is 9.20. The second-order valence-corrected chi connectivity index (χ2v) is 12.4. The number of nitrogens with one attached hydrogen (secondary N) is 1. The van der Waals surface area contributed by atoms with Gasteiger partial charge < -0.3 is 9.84 Å². The first-order chi connectivity index (χ1) is 21.3. The van der Waals surface area contributed by atoms with Crippen molar-refractivity contribution in [2.24, 2.45) is 0 Å². The minimum absolute atomic E-state index is 0.0559. The molecule has 0 saturated heterocycles. The van der Waals surface area contributed by atoms with Gasteiger partial charge >= 0.3 is 5.76 Å². The van der Waals surface area contributed by atoms with Gasteiger partial charge in [-0.1, -0.05) is 67.0 Å². The Morgan fingerprint density at radius 3 is 2.43 bits per heavy atom. The van der Waals surface area contributed by atoms with Crippen molar-refractivity contribution in [3.8, 4) is 22.5 Å². The van der Waals surface area contributed by atoms with Crippen LogP contribution in [-0.4, -0.2) is 47.2 Å². The summed E-state index contributed by atoms with van der Waals surface area (Å²) >= 11 is 0. The van der Waals surface area contributed by atoms with Gasteiger partial charge in [-0.25, -0.2) is 9.31 Å². The molecule has 10 nitrogen and oxygen atoms in total. The molecule has 2 saturated carbocycles. The van der Waals surface area contributed by atoms with Gasteiger partial charge in [0.05, 0.1) is 29.7 Å². The van der Waals surface area contributed by atoms with Gasteiger partial charge in [-0.2, -0.15) is 5.10 Å². The number of hydrogen-bond acceptors (Lipinski definition) is 7. The van der Waals surface area contributed by atoms with Crippen molar-refractivity contribution >= 4 is 5.65 Å². The summed E-state index contributed by atoms with van der Waals surface area (Å²) in [5.74, 6) is -0.214. The molecule has 10 heteroatoms. The fourth-order valence-corrected chi connectivity index (χ4v) is 6.69. The first-order valence-electron chi connectivity index (χ1n) is 15.5. The van der Waals surface area contributed by atoms with Gasteiger partial charge in [0, 0.05) is 36.1 Å². The van der Waals surface area contributed by atoms with Crippen LogP contribution in [-0.2, 0) is 17.6 Å². The average molecular weight is 596 g/mol. The van der Waals surface area contributed by atoms with Crippen LogP contribution in [0.2, 0.25) is 0 Å². The van der Waals surface area contributed by atoms with Crippen LogP contribution >= 0.6 is 0 Å². The molecule has 2 atom stereocenters. The summed E-state index contributed by atoms with van der Waals surface area (Å²) in [6.45, 7) is 3.95. The Morgan fingerprint density at radius 1 is 1.05 bits per heavy atom. The molecule has 2 aliphatic rings. The maximum absolute atomic E-state index is 14.3. The number of nitrogens with zero attached hydrogens (tertiary/aromatic N) is 4. The zero-order valence-corrected chi connectivity index (χ0v) is 25.0. The molecule has 3 heterocycles. The van der Waals surface area contributed by atoms with Crippen LogP contribution in [0.5, 0.6) is 0 Å². The molecule has 0 aliphatic heterocycles. The summed E-state index contributed by atoms with van der Waals surface area (Å²) in [4.78, 5) is 28.5. The molecule has 0 radical (unpaired) electrons. The van der Waals surface area contributed by atoms with Gasteiger partial charge in [-0.3, -0.25) is 18.9 Å². The van der Waals surface area contributed by atoms with Crippen molar-refractivity contribution in [1.82, 2.24) is 24.3 Å². The van der Waals surface area contributed by atoms with Crippen molar-refractivity contribution in [3.63, 3.8) is 0 Å². The molecule has 2 aromatic carbocycles. The topological polar surface area (TPSA) is 128 Å². The lowest BCUT2D eigenvalue weighted by atomic mass is 9.92. The molecule has 0 spiro atoms. The van der Waals surface area contributed by atoms with Gasteiger partial charge in [0.1, 0.15) is 5.65 Å². The first-order valence-corrected chi connectivity index (χ1v) is 15.5. The van der Waals surface area contributed by atoms with Crippen LogP contribution in [0.25, 0.3) is 28.2 Å². The molecular formula is C34H37N5O5. The number of aliphatic hydroxyl groups is 1. The second kappa shape index (κ2) is 11.3. The van der Waals surface area contributed by atoms with E-state index in [1.54, 1.807) is 6.20 Å². The lowest BCUT2D eigenvalue weighted by molar-refractivity contribution is -0.0273. The molecule has 2 fully saturated rings. The third kappa shape index (κ3) is 5.33. The molecular weight excluding hydrogens is 558 g/mol. The summed E-state index contributed by atoms with van der Waals surface area (Å²) in [7, 11) is 0. The lowest BCUT2D eigenvalue weighted by Crippen LogP contribution is -2.35. The quantitative estimate of drug-likeness (QED) is 0.243. The summed E-state index contributed by atoms with van der Waals surface area (Å²) in [6, 6.07) is 17.9. The Morgan fingerprint density at radius 2 is 1.77 bits per heavy atom. The molecule has 7 rings (SSSR count). The molecule has 44 heavy (non-hydrogen) atoms. The number of hydrogen-bond donors (Lipinski definition) is 2. The summed E-state index contributed by atoms with van der Waals surface area (Å²) < 4.78 is 14.8. The normalized spacial score (nSPS) is 23.3. The molecule has 5 aromatic rings. The number of aromatic nitrogens is 5. The van der Waals surface area contributed by atoms with Crippen LogP contribution in [0.3, 0.4) is 0 Å². The van der Waals surface area contributed by atoms with Crippen LogP contribution in [0.1, 0.15) is 75.2 Å². The minimum Gasteiger partial charge on any atom is -0.387 e. The Bertz CT molecular complexity index is 1910. The van der Waals surface area contributed by atoms with E-state index in [2.05, 4.69) is 34.3 Å². The SMILES string of the molecule is CCCc1c(Cc2ccc(-c3ccccc3-c3noc(=O)[nH]3)cc2)c(=O)n([C@H]2CC[C@H](O[C@@H]3C[C@]3(C)O)CC2)c2ccnn12. The number of aryl methyl sites for hydroxylation is 1. The van der Waals surface area contributed by atoms with E-state index in [1.807, 2.05) is 58.5 Å². The highest BCUT2D eigenvalue weighted by molar-refractivity contribution is 5.80. The van der Waals surface area contributed by atoms with Crippen molar-refractivity contribution in [3.05, 3.63) is 98.5 Å². The highest BCUT2D eigenvalue weighted by atomic mass is 16.5. The Hall–Kier alpha value is -4.28. The molecule has 0 bridgehead atoms. The predicted octanol–water partition coefficient (Wildman–Crippen LogP) is 5.07. The van der Waals surface area contributed by atoms with Gasteiger partial charge in [0.25, 0.3) is 5.56 Å².